The van der Waals surface area contributed by atoms with Crippen molar-refractivity contribution in [2.75, 3.05) is 19.0 Å². The number of hydrogen-bond acceptors (Lipinski definition) is 6. The Labute approximate surface area is 128 Å². The molecule has 0 unspecified atom stereocenters. The number of para-hydroxylation sites is 2. The fourth-order valence-corrected chi connectivity index (χ4v) is 4.01. The first-order valence-electron chi connectivity index (χ1n) is 6.91. The first-order chi connectivity index (χ1) is 10.6. The highest BCUT2D eigenvalue weighted by atomic mass is 32.2. The third kappa shape index (κ3) is 2.83. The van der Waals surface area contributed by atoms with E-state index in [0.29, 0.717) is 24.2 Å². The predicted octanol–water partition coefficient (Wildman–Crippen LogP) is 1.04. The average molecular weight is 321 g/mol. The maximum atomic E-state index is 12.7. The van der Waals surface area contributed by atoms with Crippen molar-refractivity contribution in [3.05, 3.63) is 30.1 Å². The fourth-order valence-electron chi connectivity index (χ4n) is 2.46. The first kappa shape index (κ1) is 15.0. The second-order valence-corrected chi connectivity index (χ2v) is 6.83. The van der Waals surface area contributed by atoms with Crippen LogP contribution >= 0.6 is 0 Å². The van der Waals surface area contributed by atoms with Gasteiger partial charge in [-0.15, -0.1) is 0 Å². The van der Waals surface area contributed by atoms with Crippen molar-refractivity contribution in [1.29, 1.82) is 5.26 Å². The molecular formula is C14H15N3O4S. The van der Waals surface area contributed by atoms with Gasteiger partial charge >= 0.3 is 0 Å². The lowest BCUT2D eigenvalue weighted by molar-refractivity contribution is -0.0424. The van der Waals surface area contributed by atoms with Crippen LogP contribution in [0.2, 0.25) is 0 Å². The molecule has 0 bridgehead atoms. The van der Waals surface area contributed by atoms with E-state index in [9.17, 15) is 8.42 Å². The fraction of sp³-hybridized carbons (Fsp3) is 0.429. The van der Waals surface area contributed by atoms with Crippen molar-refractivity contribution in [2.45, 2.75) is 19.1 Å². The minimum atomic E-state index is -3.64. The topological polar surface area (TPSA) is 94.2 Å². The van der Waals surface area contributed by atoms with E-state index in [1.807, 2.05) is 6.07 Å². The van der Waals surface area contributed by atoms with Crippen LogP contribution in [0.5, 0.6) is 0 Å². The molecule has 1 aliphatic rings. The van der Waals surface area contributed by atoms with Crippen LogP contribution in [-0.4, -0.2) is 42.6 Å². The van der Waals surface area contributed by atoms with E-state index in [-0.39, 0.29) is 24.4 Å². The van der Waals surface area contributed by atoms with Crippen molar-refractivity contribution in [3.63, 3.8) is 0 Å². The van der Waals surface area contributed by atoms with Crippen molar-refractivity contribution in [3.8, 4) is 6.07 Å². The molecule has 7 nitrogen and oxygen atoms in total. The summed E-state index contributed by atoms with van der Waals surface area (Å²) in [6.45, 7) is 0.969. The molecule has 0 spiro atoms. The quantitative estimate of drug-likeness (QED) is 0.817. The minimum Gasteiger partial charge on any atom is -0.350 e. The number of rotatable bonds is 5. The van der Waals surface area contributed by atoms with Gasteiger partial charge in [0, 0.05) is 6.42 Å². The Morgan fingerprint density at radius 2 is 2.05 bits per heavy atom. The summed E-state index contributed by atoms with van der Waals surface area (Å²) >= 11 is 0. The highest BCUT2D eigenvalue weighted by Crippen LogP contribution is 2.20. The Hall–Kier alpha value is -1.95. The van der Waals surface area contributed by atoms with E-state index in [4.69, 9.17) is 14.7 Å². The molecule has 1 saturated heterocycles. The van der Waals surface area contributed by atoms with Gasteiger partial charge in [0.15, 0.2) is 6.29 Å². The Bertz CT molecular complexity index is 816. The molecule has 2 aromatic rings. The smallest absolute Gasteiger partial charge is 0.240 e. The number of hydrogen-bond donors (Lipinski definition) is 0. The molecule has 116 valence electrons. The molecule has 0 N–H and O–H groups in total. The molecule has 0 aliphatic carbocycles. The van der Waals surface area contributed by atoms with Gasteiger partial charge in [-0.2, -0.15) is 5.26 Å². The highest BCUT2D eigenvalue weighted by molar-refractivity contribution is 7.90. The Kier molecular flexibility index (Phi) is 4.11. The number of nitrogens with zero attached hydrogens (tertiary/aromatic N) is 3. The van der Waals surface area contributed by atoms with E-state index >= 15 is 0 Å². The zero-order valence-corrected chi connectivity index (χ0v) is 12.6. The number of imidazole rings is 1. The first-order valence-corrected chi connectivity index (χ1v) is 8.52. The molecular weight excluding hydrogens is 306 g/mol. The zero-order valence-electron chi connectivity index (χ0n) is 11.8. The lowest BCUT2D eigenvalue weighted by Gasteiger charge is -2.12. The molecule has 0 amide bonds. The number of benzene rings is 1. The van der Waals surface area contributed by atoms with Gasteiger partial charge in [0.05, 0.1) is 42.5 Å². The van der Waals surface area contributed by atoms with Crippen LogP contribution in [0.25, 0.3) is 11.0 Å². The SMILES string of the molecule is N#CCc1nc2ccccc2n1S(=O)(=O)CCC1OCCO1. The summed E-state index contributed by atoms with van der Waals surface area (Å²) in [5.41, 5.74) is 1.05. The van der Waals surface area contributed by atoms with Crippen LogP contribution in [0.4, 0.5) is 0 Å². The van der Waals surface area contributed by atoms with E-state index < -0.39 is 16.3 Å². The molecule has 8 heteroatoms. The maximum absolute atomic E-state index is 12.7. The monoisotopic (exact) mass is 321 g/mol. The van der Waals surface area contributed by atoms with Crippen LogP contribution in [0.3, 0.4) is 0 Å². The van der Waals surface area contributed by atoms with Gasteiger partial charge < -0.3 is 9.47 Å². The summed E-state index contributed by atoms with van der Waals surface area (Å²) in [6.07, 6.45) is -0.297. The van der Waals surface area contributed by atoms with E-state index in [2.05, 4.69) is 4.98 Å². The summed E-state index contributed by atoms with van der Waals surface area (Å²) in [6, 6.07) is 8.89. The molecule has 0 radical (unpaired) electrons. The molecule has 0 atom stereocenters. The number of ether oxygens (including phenoxy) is 2. The second kappa shape index (κ2) is 6.04. The summed E-state index contributed by atoms with van der Waals surface area (Å²) in [5.74, 6) is 0.105. The van der Waals surface area contributed by atoms with Crippen molar-refractivity contribution < 1.29 is 17.9 Å². The number of nitriles is 1. The number of aromatic nitrogens is 2. The van der Waals surface area contributed by atoms with Gasteiger partial charge in [-0.1, -0.05) is 12.1 Å². The molecule has 1 aliphatic heterocycles. The van der Waals surface area contributed by atoms with Gasteiger partial charge in [0.25, 0.3) is 0 Å². The molecule has 22 heavy (non-hydrogen) atoms. The van der Waals surface area contributed by atoms with Crippen LogP contribution < -0.4 is 0 Å². The Morgan fingerprint density at radius 3 is 2.77 bits per heavy atom. The minimum absolute atomic E-state index is 0.0651. The summed E-state index contributed by atoms with van der Waals surface area (Å²) in [7, 11) is -3.64. The van der Waals surface area contributed by atoms with Gasteiger partial charge in [0.1, 0.15) is 5.82 Å². The standard InChI is InChI=1S/C14H15N3O4S/c15-7-5-13-16-11-3-1-2-4-12(11)17(13)22(18,19)10-6-14-20-8-9-21-14/h1-4,14H,5-6,8-10H2. The largest absolute Gasteiger partial charge is 0.350 e. The second-order valence-electron chi connectivity index (χ2n) is 4.89. The molecule has 1 aromatic carbocycles. The lowest BCUT2D eigenvalue weighted by Crippen LogP contribution is -2.22. The molecule has 0 saturated carbocycles. The van der Waals surface area contributed by atoms with Crippen molar-refractivity contribution >= 4 is 21.1 Å². The zero-order chi connectivity index (χ0) is 15.6. The van der Waals surface area contributed by atoms with E-state index in [1.54, 1.807) is 24.3 Å². The van der Waals surface area contributed by atoms with Gasteiger partial charge in [-0.05, 0) is 12.1 Å². The third-order valence-electron chi connectivity index (χ3n) is 3.40. The summed E-state index contributed by atoms with van der Waals surface area (Å²) in [4.78, 5) is 4.25. The lowest BCUT2D eigenvalue weighted by atomic mass is 10.3. The molecule has 3 rings (SSSR count). The predicted molar refractivity (Wildman–Crippen MR) is 78.5 cm³/mol. The van der Waals surface area contributed by atoms with Gasteiger partial charge in [0.2, 0.25) is 10.0 Å². The Morgan fingerprint density at radius 1 is 1.32 bits per heavy atom. The van der Waals surface area contributed by atoms with Crippen molar-refractivity contribution in [2.24, 2.45) is 0 Å². The van der Waals surface area contributed by atoms with Gasteiger partial charge in [-0.3, -0.25) is 0 Å². The normalized spacial score (nSPS) is 16.1. The third-order valence-corrected chi connectivity index (χ3v) is 5.12. The van der Waals surface area contributed by atoms with E-state index in [1.165, 1.54) is 3.97 Å². The average Bonchev–Trinajstić information content (AvgIpc) is 3.13. The Balaban J connectivity index is 1.95. The molecule has 1 fully saturated rings. The molecule has 2 heterocycles. The maximum Gasteiger partial charge on any atom is 0.240 e. The van der Waals surface area contributed by atoms with Crippen molar-refractivity contribution in [1.82, 2.24) is 8.96 Å². The van der Waals surface area contributed by atoms with Crippen LogP contribution in [-0.2, 0) is 25.9 Å². The van der Waals surface area contributed by atoms with Crippen LogP contribution in [0, 0.1) is 11.3 Å². The van der Waals surface area contributed by atoms with Crippen LogP contribution in [0.15, 0.2) is 24.3 Å². The molecule has 1 aromatic heterocycles. The summed E-state index contributed by atoms with van der Waals surface area (Å²) in [5, 5.41) is 8.90. The number of fused-ring (bicyclic) bond motifs is 1. The van der Waals surface area contributed by atoms with E-state index in [0.717, 1.165) is 0 Å². The summed E-state index contributed by atoms with van der Waals surface area (Å²) < 4.78 is 37.0. The highest BCUT2D eigenvalue weighted by Gasteiger charge is 2.25. The van der Waals surface area contributed by atoms with Gasteiger partial charge in [-0.25, -0.2) is 17.4 Å². The van der Waals surface area contributed by atoms with Crippen LogP contribution in [0.1, 0.15) is 12.2 Å².